The van der Waals surface area contributed by atoms with Gasteiger partial charge in [-0.1, -0.05) is 0 Å². The van der Waals surface area contributed by atoms with Crippen molar-refractivity contribution in [3.05, 3.63) is 23.8 Å². The standard InChI is InChI=1S/C13H15N3O2/c1-18-13(17)4-6-16-7-5-15-11-3-2-10(9-14)8-12(11)16/h2-3,8,15H,4-7H2,1H3. The van der Waals surface area contributed by atoms with E-state index in [0.29, 0.717) is 18.5 Å². The van der Waals surface area contributed by atoms with Gasteiger partial charge in [0.15, 0.2) is 0 Å². The lowest BCUT2D eigenvalue weighted by atomic mass is 10.1. The van der Waals surface area contributed by atoms with Gasteiger partial charge in [0, 0.05) is 19.6 Å². The van der Waals surface area contributed by atoms with Crippen LogP contribution >= 0.6 is 0 Å². The summed E-state index contributed by atoms with van der Waals surface area (Å²) in [5, 5.41) is 12.2. The first-order valence-corrected chi connectivity index (χ1v) is 5.84. The Labute approximate surface area is 106 Å². The molecule has 0 bridgehead atoms. The van der Waals surface area contributed by atoms with Gasteiger partial charge in [0.1, 0.15) is 0 Å². The van der Waals surface area contributed by atoms with Crippen LogP contribution in [0, 0.1) is 11.3 Å². The average Bonchev–Trinajstić information content (AvgIpc) is 2.43. The molecule has 0 aliphatic carbocycles. The summed E-state index contributed by atoms with van der Waals surface area (Å²) < 4.78 is 4.64. The first kappa shape index (κ1) is 12.2. The molecular formula is C13H15N3O2. The van der Waals surface area contributed by atoms with Crippen molar-refractivity contribution in [2.45, 2.75) is 6.42 Å². The number of methoxy groups -OCH3 is 1. The van der Waals surface area contributed by atoms with Crippen LogP contribution in [-0.2, 0) is 9.53 Å². The highest BCUT2D eigenvalue weighted by atomic mass is 16.5. The second kappa shape index (κ2) is 5.41. The Hall–Kier alpha value is -2.22. The Morgan fingerprint density at radius 1 is 1.61 bits per heavy atom. The number of esters is 1. The number of carbonyl (C=O) groups is 1. The minimum atomic E-state index is -0.216. The van der Waals surface area contributed by atoms with E-state index in [0.717, 1.165) is 24.5 Å². The van der Waals surface area contributed by atoms with Crippen LogP contribution in [0.15, 0.2) is 18.2 Å². The molecule has 1 aliphatic heterocycles. The minimum absolute atomic E-state index is 0.216. The summed E-state index contributed by atoms with van der Waals surface area (Å²) >= 11 is 0. The van der Waals surface area contributed by atoms with Crippen LogP contribution in [0.25, 0.3) is 0 Å². The van der Waals surface area contributed by atoms with Crippen LogP contribution in [0.1, 0.15) is 12.0 Å². The number of fused-ring (bicyclic) bond motifs is 1. The van der Waals surface area contributed by atoms with E-state index in [4.69, 9.17) is 5.26 Å². The maximum absolute atomic E-state index is 11.2. The van der Waals surface area contributed by atoms with E-state index in [-0.39, 0.29) is 5.97 Å². The Bertz CT molecular complexity index is 493. The normalized spacial score (nSPS) is 13.2. The van der Waals surface area contributed by atoms with Crippen LogP contribution < -0.4 is 10.2 Å². The number of carbonyl (C=O) groups excluding carboxylic acids is 1. The van der Waals surface area contributed by atoms with Gasteiger partial charge in [-0.15, -0.1) is 0 Å². The summed E-state index contributed by atoms with van der Waals surface area (Å²) in [5.41, 5.74) is 2.61. The Balaban J connectivity index is 2.16. The highest BCUT2D eigenvalue weighted by Crippen LogP contribution is 2.29. The molecule has 2 rings (SSSR count). The first-order valence-electron chi connectivity index (χ1n) is 5.84. The van der Waals surface area contributed by atoms with Gasteiger partial charge in [0.05, 0.1) is 36.5 Å². The van der Waals surface area contributed by atoms with Crippen LogP contribution in [0.3, 0.4) is 0 Å². The molecule has 0 unspecified atom stereocenters. The average molecular weight is 245 g/mol. The lowest BCUT2D eigenvalue weighted by Crippen LogP contribution is -2.35. The zero-order valence-electron chi connectivity index (χ0n) is 10.3. The molecule has 1 aromatic rings. The summed E-state index contributed by atoms with van der Waals surface area (Å²) in [6.07, 6.45) is 0.354. The summed E-state index contributed by atoms with van der Waals surface area (Å²) in [5.74, 6) is -0.216. The van der Waals surface area contributed by atoms with Crippen LogP contribution in [0.5, 0.6) is 0 Å². The molecule has 0 atom stereocenters. The molecule has 94 valence electrons. The van der Waals surface area contributed by atoms with Crippen molar-refractivity contribution in [3.63, 3.8) is 0 Å². The molecule has 1 heterocycles. The number of nitriles is 1. The third kappa shape index (κ3) is 2.54. The smallest absolute Gasteiger partial charge is 0.307 e. The summed E-state index contributed by atoms with van der Waals surface area (Å²) in [6.45, 7) is 2.26. The summed E-state index contributed by atoms with van der Waals surface area (Å²) in [6, 6.07) is 7.66. The van der Waals surface area contributed by atoms with Crippen molar-refractivity contribution in [1.82, 2.24) is 0 Å². The fraction of sp³-hybridized carbons (Fsp3) is 0.385. The van der Waals surface area contributed by atoms with E-state index in [1.54, 1.807) is 6.07 Å². The van der Waals surface area contributed by atoms with Gasteiger partial charge in [0.2, 0.25) is 0 Å². The fourth-order valence-electron chi connectivity index (χ4n) is 2.02. The third-order valence-electron chi connectivity index (χ3n) is 2.98. The largest absolute Gasteiger partial charge is 0.469 e. The van der Waals surface area contributed by atoms with E-state index in [1.807, 2.05) is 12.1 Å². The van der Waals surface area contributed by atoms with Gasteiger partial charge in [-0.25, -0.2) is 0 Å². The van der Waals surface area contributed by atoms with Gasteiger partial charge in [0.25, 0.3) is 0 Å². The number of nitrogens with zero attached hydrogens (tertiary/aromatic N) is 2. The Morgan fingerprint density at radius 2 is 2.44 bits per heavy atom. The molecule has 0 radical (unpaired) electrons. The highest BCUT2D eigenvalue weighted by molar-refractivity contribution is 5.75. The lowest BCUT2D eigenvalue weighted by Gasteiger charge is -2.31. The molecule has 1 aromatic carbocycles. The van der Waals surface area contributed by atoms with Crippen molar-refractivity contribution < 1.29 is 9.53 Å². The zero-order chi connectivity index (χ0) is 13.0. The quantitative estimate of drug-likeness (QED) is 0.814. The van der Waals surface area contributed by atoms with Crippen molar-refractivity contribution in [1.29, 1.82) is 5.26 Å². The van der Waals surface area contributed by atoms with Crippen molar-refractivity contribution in [2.24, 2.45) is 0 Å². The summed E-state index contributed by atoms with van der Waals surface area (Å²) in [7, 11) is 1.39. The monoisotopic (exact) mass is 245 g/mol. The topological polar surface area (TPSA) is 65.4 Å². The molecule has 0 saturated carbocycles. The second-order valence-corrected chi connectivity index (χ2v) is 4.08. The molecule has 0 fully saturated rings. The number of nitrogens with one attached hydrogen (secondary N) is 1. The van der Waals surface area contributed by atoms with Crippen LogP contribution in [0.4, 0.5) is 11.4 Å². The molecule has 18 heavy (non-hydrogen) atoms. The van der Waals surface area contributed by atoms with E-state index < -0.39 is 0 Å². The molecule has 0 spiro atoms. The van der Waals surface area contributed by atoms with E-state index in [2.05, 4.69) is 21.0 Å². The number of benzene rings is 1. The third-order valence-corrected chi connectivity index (χ3v) is 2.98. The molecule has 1 N–H and O–H groups in total. The molecule has 5 nitrogen and oxygen atoms in total. The maximum atomic E-state index is 11.2. The molecule has 0 amide bonds. The zero-order valence-corrected chi connectivity index (χ0v) is 10.3. The molecule has 0 aromatic heterocycles. The van der Waals surface area contributed by atoms with Crippen LogP contribution in [0.2, 0.25) is 0 Å². The fourth-order valence-corrected chi connectivity index (χ4v) is 2.02. The minimum Gasteiger partial charge on any atom is -0.469 e. The molecule has 5 heteroatoms. The lowest BCUT2D eigenvalue weighted by molar-refractivity contribution is -0.140. The summed E-state index contributed by atoms with van der Waals surface area (Å²) in [4.78, 5) is 13.3. The molecule has 1 aliphatic rings. The SMILES string of the molecule is COC(=O)CCN1CCNc2ccc(C#N)cc21. The number of hydrogen-bond donors (Lipinski definition) is 1. The van der Waals surface area contributed by atoms with Crippen molar-refractivity contribution in [3.8, 4) is 6.07 Å². The predicted octanol–water partition coefficient (Wildman–Crippen LogP) is 1.35. The predicted molar refractivity (Wildman–Crippen MR) is 68.5 cm³/mol. The first-order chi connectivity index (χ1) is 8.74. The van der Waals surface area contributed by atoms with E-state index >= 15 is 0 Å². The van der Waals surface area contributed by atoms with E-state index in [1.165, 1.54) is 7.11 Å². The number of hydrogen-bond acceptors (Lipinski definition) is 5. The van der Waals surface area contributed by atoms with Gasteiger partial charge >= 0.3 is 5.97 Å². The number of ether oxygens (including phenoxy) is 1. The van der Waals surface area contributed by atoms with Gasteiger partial charge in [-0.05, 0) is 18.2 Å². The van der Waals surface area contributed by atoms with E-state index in [9.17, 15) is 4.79 Å². The molecule has 0 saturated heterocycles. The van der Waals surface area contributed by atoms with Gasteiger partial charge in [-0.3, -0.25) is 4.79 Å². The Morgan fingerprint density at radius 3 is 3.17 bits per heavy atom. The van der Waals surface area contributed by atoms with Crippen LogP contribution in [-0.4, -0.2) is 32.7 Å². The number of rotatable bonds is 3. The molecular weight excluding hydrogens is 230 g/mol. The maximum Gasteiger partial charge on any atom is 0.307 e. The van der Waals surface area contributed by atoms with Gasteiger partial charge in [-0.2, -0.15) is 5.26 Å². The van der Waals surface area contributed by atoms with Crippen molar-refractivity contribution >= 4 is 17.3 Å². The number of anilines is 2. The van der Waals surface area contributed by atoms with Gasteiger partial charge < -0.3 is 15.0 Å². The second-order valence-electron chi connectivity index (χ2n) is 4.08. The Kier molecular flexibility index (Phi) is 3.68. The van der Waals surface area contributed by atoms with Crippen molar-refractivity contribution in [2.75, 3.05) is 37.0 Å². The highest BCUT2D eigenvalue weighted by Gasteiger charge is 2.17.